The minimum atomic E-state index is -0.713. The number of likely N-dealkylation sites (N-methyl/N-ethyl adjacent to an activating group) is 1. The Bertz CT molecular complexity index is 1100. The van der Waals surface area contributed by atoms with Crippen molar-refractivity contribution in [3.63, 3.8) is 0 Å². The molecule has 5 rings (SSSR count). The highest BCUT2D eigenvalue weighted by atomic mass is 32.1. The molecule has 3 heterocycles. The number of carbonyl (C=O) groups excluding carboxylic acids is 2. The van der Waals surface area contributed by atoms with Crippen molar-refractivity contribution in [2.24, 2.45) is 0 Å². The van der Waals surface area contributed by atoms with E-state index in [0.29, 0.717) is 25.9 Å². The molecule has 31 heavy (non-hydrogen) atoms. The maximum atomic E-state index is 13.7. The minimum absolute atomic E-state index is 0.0406. The molecule has 1 spiro atoms. The van der Waals surface area contributed by atoms with Crippen LogP contribution in [0.3, 0.4) is 0 Å². The van der Waals surface area contributed by atoms with Crippen molar-refractivity contribution >= 4 is 34.0 Å². The second-order valence-corrected chi connectivity index (χ2v) is 9.27. The summed E-state index contributed by atoms with van der Waals surface area (Å²) in [5.41, 5.74) is 0.296. The van der Waals surface area contributed by atoms with E-state index in [9.17, 15) is 9.59 Å². The van der Waals surface area contributed by atoms with Gasteiger partial charge < -0.3 is 4.90 Å². The molecule has 3 amide bonds. The van der Waals surface area contributed by atoms with Gasteiger partial charge in [0.25, 0.3) is 5.91 Å². The van der Waals surface area contributed by atoms with Gasteiger partial charge in [0.1, 0.15) is 10.5 Å². The normalized spacial score (nSPS) is 19.1. The summed E-state index contributed by atoms with van der Waals surface area (Å²) < 4.78 is 0. The Morgan fingerprint density at radius 2 is 1.81 bits per heavy atom. The number of nitrogens with zero attached hydrogens (tertiary/aromatic N) is 4. The van der Waals surface area contributed by atoms with Crippen LogP contribution in [0.5, 0.6) is 0 Å². The molecule has 2 saturated heterocycles. The van der Waals surface area contributed by atoms with E-state index in [-0.39, 0.29) is 11.9 Å². The number of hydrogen-bond acceptors (Lipinski definition) is 5. The van der Waals surface area contributed by atoms with Crippen LogP contribution in [0.15, 0.2) is 54.0 Å². The molecule has 7 heteroatoms. The lowest BCUT2D eigenvalue weighted by molar-refractivity contribution is -0.136. The van der Waals surface area contributed by atoms with Gasteiger partial charge in [-0.25, -0.2) is 9.78 Å². The summed E-state index contributed by atoms with van der Waals surface area (Å²) in [6.07, 6.45) is 3.17. The molecule has 0 N–H and O–H groups in total. The van der Waals surface area contributed by atoms with Gasteiger partial charge in [-0.15, -0.1) is 11.3 Å². The van der Waals surface area contributed by atoms with Crippen molar-refractivity contribution in [1.82, 2.24) is 19.7 Å². The standard InChI is InChI=1S/C24H26N4O2S/c1-2-28-23(30)27(16-19-8-5-7-18-6-3-4-9-20(18)19)22(29)24(28)10-13-26(14-11-24)17-21-25-12-15-31-21/h3-9,12,15H,2,10-11,13-14,16-17H2,1H3. The summed E-state index contributed by atoms with van der Waals surface area (Å²) in [4.78, 5) is 37.0. The molecular formula is C24H26N4O2S. The van der Waals surface area contributed by atoms with Crippen LogP contribution in [-0.2, 0) is 17.9 Å². The number of aromatic nitrogens is 1. The molecule has 0 radical (unpaired) electrons. The van der Waals surface area contributed by atoms with Crippen LogP contribution in [0.2, 0.25) is 0 Å². The zero-order valence-electron chi connectivity index (χ0n) is 17.7. The molecule has 0 bridgehead atoms. The van der Waals surface area contributed by atoms with Crippen LogP contribution in [0.4, 0.5) is 4.79 Å². The number of hydrogen-bond donors (Lipinski definition) is 0. The summed E-state index contributed by atoms with van der Waals surface area (Å²) in [7, 11) is 0. The number of likely N-dealkylation sites (tertiary alicyclic amines) is 1. The van der Waals surface area contributed by atoms with Crippen LogP contribution in [0.25, 0.3) is 10.8 Å². The fourth-order valence-electron chi connectivity index (χ4n) is 5.05. The van der Waals surface area contributed by atoms with Gasteiger partial charge in [-0.05, 0) is 36.1 Å². The lowest BCUT2D eigenvalue weighted by atomic mass is 9.85. The van der Waals surface area contributed by atoms with E-state index in [1.165, 1.54) is 4.90 Å². The molecule has 2 aliphatic rings. The number of carbonyl (C=O) groups is 2. The lowest BCUT2D eigenvalue weighted by Gasteiger charge is -2.41. The molecule has 1 aromatic heterocycles. The van der Waals surface area contributed by atoms with Gasteiger partial charge in [0.05, 0.1) is 13.1 Å². The Balaban J connectivity index is 1.38. The zero-order chi connectivity index (χ0) is 21.4. The van der Waals surface area contributed by atoms with E-state index < -0.39 is 5.54 Å². The predicted octanol–water partition coefficient (Wildman–Crippen LogP) is 4.12. The first-order chi connectivity index (χ1) is 15.1. The molecule has 160 valence electrons. The summed E-state index contributed by atoms with van der Waals surface area (Å²) in [6.45, 7) is 5.22. The number of imide groups is 1. The largest absolute Gasteiger partial charge is 0.327 e. The third-order valence-corrected chi connectivity index (χ3v) is 7.44. The molecule has 2 aliphatic heterocycles. The van der Waals surface area contributed by atoms with Crippen LogP contribution < -0.4 is 0 Å². The lowest BCUT2D eigenvalue weighted by Crippen LogP contribution is -2.56. The SMILES string of the molecule is CCN1C(=O)N(Cc2cccc3ccccc23)C(=O)C12CCN(Cc1nccs1)CC2. The molecule has 0 aliphatic carbocycles. The van der Waals surface area contributed by atoms with Crippen LogP contribution in [0.1, 0.15) is 30.3 Å². The quantitative estimate of drug-likeness (QED) is 0.567. The number of fused-ring (bicyclic) bond motifs is 1. The molecule has 6 nitrogen and oxygen atoms in total. The van der Waals surface area contributed by atoms with Crippen molar-refractivity contribution in [2.45, 2.75) is 38.4 Å². The van der Waals surface area contributed by atoms with E-state index in [4.69, 9.17) is 0 Å². The third-order valence-electron chi connectivity index (χ3n) is 6.67. The summed E-state index contributed by atoms with van der Waals surface area (Å²) >= 11 is 1.66. The van der Waals surface area contributed by atoms with Crippen molar-refractivity contribution in [3.05, 3.63) is 64.6 Å². The third kappa shape index (κ3) is 3.42. The second-order valence-electron chi connectivity index (χ2n) is 8.29. The van der Waals surface area contributed by atoms with Gasteiger partial charge in [0.15, 0.2) is 0 Å². The van der Waals surface area contributed by atoms with Crippen molar-refractivity contribution in [1.29, 1.82) is 0 Å². The van der Waals surface area contributed by atoms with E-state index in [1.807, 2.05) is 42.8 Å². The average Bonchev–Trinajstić information content (AvgIpc) is 3.37. The first kappa shape index (κ1) is 20.2. The van der Waals surface area contributed by atoms with Gasteiger partial charge in [0, 0.05) is 31.2 Å². The van der Waals surface area contributed by atoms with Crippen molar-refractivity contribution < 1.29 is 9.59 Å². The van der Waals surface area contributed by atoms with Gasteiger partial charge in [-0.2, -0.15) is 0 Å². The van der Waals surface area contributed by atoms with E-state index >= 15 is 0 Å². The molecular weight excluding hydrogens is 408 g/mol. The highest BCUT2D eigenvalue weighted by Crippen LogP contribution is 2.38. The topological polar surface area (TPSA) is 56.8 Å². The monoisotopic (exact) mass is 434 g/mol. The Morgan fingerprint density at radius 3 is 2.55 bits per heavy atom. The fraction of sp³-hybridized carbons (Fsp3) is 0.375. The van der Waals surface area contributed by atoms with E-state index in [2.05, 4.69) is 28.1 Å². The average molecular weight is 435 g/mol. The number of thiazole rings is 1. The Hall–Kier alpha value is -2.77. The van der Waals surface area contributed by atoms with E-state index in [1.54, 1.807) is 16.2 Å². The second kappa shape index (κ2) is 8.05. The maximum Gasteiger partial charge on any atom is 0.327 e. The highest BCUT2D eigenvalue weighted by Gasteiger charge is 2.57. The number of rotatable bonds is 5. The molecule has 2 fully saturated rings. The number of benzene rings is 2. The van der Waals surface area contributed by atoms with Crippen LogP contribution in [-0.4, -0.2) is 56.8 Å². The first-order valence-corrected chi connectivity index (χ1v) is 11.7. The fourth-order valence-corrected chi connectivity index (χ4v) is 5.71. The molecule has 0 unspecified atom stereocenters. The van der Waals surface area contributed by atoms with Gasteiger partial charge in [-0.1, -0.05) is 42.5 Å². The number of urea groups is 1. The molecule has 2 aromatic carbocycles. The molecule has 0 atom stereocenters. The predicted molar refractivity (Wildman–Crippen MR) is 122 cm³/mol. The minimum Gasteiger partial charge on any atom is -0.310 e. The van der Waals surface area contributed by atoms with Crippen molar-refractivity contribution in [2.75, 3.05) is 19.6 Å². The molecule has 3 aromatic rings. The first-order valence-electron chi connectivity index (χ1n) is 10.8. The van der Waals surface area contributed by atoms with Crippen molar-refractivity contribution in [3.8, 4) is 0 Å². The summed E-state index contributed by atoms with van der Waals surface area (Å²) in [5.74, 6) is -0.0406. The van der Waals surface area contributed by atoms with Gasteiger partial charge in [0.2, 0.25) is 0 Å². The summed E-state index contributed by atoms with van der Waals surface area (Å²) in [6, 6.07) is 14.0. The number of piperidine rings is 1. The Kier molecular flexibility index (Phi) is 5.24. The zero-order valence-corrected chi connectivity index (χ0v) is 18.5. The van der Waals surface area contributed by atoms with Gasteiger partial charge >= 0.3 is 6.03 Å². The highest BCUT2D eigenvalue weighted by molar-refractivity contribution is 7.09. The summed E-state index contributed by atoms with van der Waals surface area (Å²) in [5, 5.41) is 5.29. The maximum absolute atomic E-state index is 13.7. The smallest absolute Gasteiger partial charge is 0.310 e. The molecule has 0 saturated carbocycles. The van der Waals surface area contributed by atoms with Gasteiger partial charge in [-0.3, -0.25) is 14.6 Å². The Morgan fingerprint density at radius 1 is 1.03 bits per heavy atom. The van der Waals surface area contributed by atoms with Crippen LogP contribution in [0, 0.1) is 0 Å². The number of amides is 3. The van der Waals surface area contributed by atoms with Crippen LogP contribution >= 0.6 is 11.3 Å². The van der Waals surface area contributed by atoms with E-state index in [0.717, 1.165) is 41.0 Å². The Labute approximate surface area is 186 Å².